The van der Waals surface area contributed by atoms with Crippen LogP contribution in [0.25, 0.3) is 0 Å². The first-order valence-corrected chi connectivity index (χ1v) is 7.81. The number of carbonyl (C=O) groups excluding carboxylic acids is 1. The first-order chi connectivity index (χ1) is 9.29. The molecule has 4 nitrogen and oxygen atoms in total. The molecule has 2 N–H and O–H groups in total. The van der Waals surface area contributed by atoms with Crippen molar-refractivity contribution in [2.24, 2.45) is 0 Å². The van der Waals surface area contributed by atoms with Gasteiger partial charge in [-0.05, 0) is 30.7 Å². The van der Waals surface area contributed by atoms with Crippen LogP contribution in [0.1, 0.15) is 24.1 Å². The van der Waals surface area contributed by atoms with Crippen LogP contribution in [0, 0.1) is 0 Å². The molecule has 0 spiro atoms. The molecule has 1 heterocycles. The quantitative estimate of drug-likeness (QED) is 0.754. The van der Waals surface area contributed by atoms with Crippen LogP contribution in [0.2, 0.25) is 0 Å². The molecule has 0 saturated heterocycles. The number of hydrogen-bond acceptors (Lipinski definition) is 4. The minimum Gasteiger partial charge on any atom is -0.395 e. The molecule has 1 amide bonds. The third-order valence-electron chi connectivity index (χ3n) is 3.60. The zero-order valence-electron chi connectivity index (χ0n) is 11.2. The summed E-state index contributed by atoms with van der Waals surface area (Å²) in [4.78, 5) is 15.3. The van der Waals surface area contributed by atoms with Gasteiger partial charge in [0.15, 0.2) is 0 Å². The molecular weight excluding hydrogens is 260 g/mol. The van der Waals surface area contributed by atoms with Gasteiger partial charge in [-0.25, -0.2) is 0 Å². The lowest BCUT2D eigenvalue weighted by Gasteiger charge is -2.36. The molecule has 0 bridgehead atoms. The van der Waals surface area contributed by atoms with Gasteiger partial charge in [0, 0.05) is 24.0 Å². The fourth-order valence-corrected chi connectivity index (χ4v) is 3.00. The van der Waals surface area contributed by atoms with Gasteiger partial charge in [-0.2, -0.15) is 0 Å². The lowest BCUT2D eigenvalue weighted by molar-refractivity contribution is -0.123. The number of amides is 1. The molecule has 1 fully saturated rings. The van der Waals surface area contributed by atoms with Crippen LogP contribution in [0.15, 0.2) is 17.5 Å². The Morgan fingerprint density at radius 3 is 2.95 bits per heavy atom. The maximum absolute atomic E-state index is 11.9. The van der Waals surface area contributed by atoms with Crippen molar-refractivity contribution in [3.05, 3.63) is 22.4 Å². The number of thiophene rings is 1. The van der Waals surface area contributed by atoms with E-state index in [0.29, 0.717) is 25.7 Å². The SMILES string of the molecule is O=C(CN(CCO)C1CCC1)NCCc1cccs1. The topological polar surface area (TPSA) is 52.6 Å². The summed E-state index contributed by atoms with van der Waals surface area (Å²) < 4.78 is 0. The van der Waals surface area contributed by atoms with E-state index in [-0.39, 0.29) is 12.5 Å². The van der Waals surface area contributed by atoms with Crippen LogP contribution in [-0.2, 0) is 11.2 Å². The number of nitrogens with one attached hydrogen (secondary N) is 1. The van der Waals surface area contributed by atoms with Gasteiger partial charge in [0.05, 0.1) is 13.2 Å². The highest BCUT2D eigenvalue weighted by molar-refractivity contribution is 7.09. The van der Waals surface area contributed by atoms with Gasteiger partial charge in [0.1, 0.15) is 0 Å². The van der Waals surface area contributed by atoms with Crippen LogP contribution < -0.4 is 5.32 Å². The summed E-state index contributed by atoms with van der Waals surface area (Å²) in [7, 11) is 0. The van der Waals surface area contributed by atoms with E-state index in [9.17, 15) is 4.79 Å². The Bertz CT molecular complexity index is 377. The summed E-state index contributed by atoms with van der Waals surface area (Å²) in [5, 5.41) is 14.1. The van der Waals surface area contributed by atoms with E-state index >= 15 is 0 Å². The normalized spacial score (nSPS) is 15.5. The lowest BCUT2D eigenvalue weighted by Crippen LogP contribution is -2.47. The highest BCUT2D eigenvalue weighted by Crippen LogP contribution is 2.24. The molecule has 1 saturated carbocycles. The van der Waals surface area contributed by atoms with Crippen molar-refractivity contribution in [2.45, 2.75) is 31.7 Å². The predicted octanol–water partition coefficient (Wildman–Crippen LogP) is 1.25. The van der Waals surface area contributed by atoms with Crippen molar-refractivity contribution in [3.8, 4) is 0 Å². The van der Waals surface area contributed by atoms with Crippen molar-refractivity contribution in [1.82, 2.24) is 10.2 Å². The molecule has 106 valence electrons. The number of nitrogens with zero attached hydrogens (tertiary/aromatic N) is 1. The molecule has 0 radical (unpaired) electrons. The summed E-state index contributed by atoms with van der Waals surface area (Å²) in [6, 6.07) is 4.61. The molecule has 0 atom stereocenters. The third kappa shape index (κ3) is 4.60. The molecule has 0 aliphatic heterocycles. The number of aliphatic hydroxyl groups excluding tert-OH is 1. The molecule has 1 aromatic rings. The number of rotatable bonds is 8. The van der Waals surface area contributed by atoms with Crippen LogP contribution in [0.3, 0.4) is 0 Å². The molecule has 1 aromatic heterocycles. The molecule has 1 aliphatic carbocycles. The Morgan fingerprint density at radius 2 is 2.37 bits per heavy atom. The minimum atomic E-state index is 0.0666. The van der Waals surface area contributed by atoms with Gasteiger partial charge >= 0.3 is 0 Å². The standard InChI is InChI=1S/C14H22N2O2S/c17-9-8-16(12-3-1-4-12)11-14(18)15-7-6-13-5-2-10-19-13/h2,5,10,12,17H,1,3-4,6-9,11H2,(H,15,18). The maximum atomic E-state index is 11.9. The number of hydrogen-bond donors (Lipinski definition) is 2. The van der Waals surface area contributed by atoms with Crippen molar-refractivity contribution >= 4 is 17.2 Å². The first kappa shape index (κ1) is 14.5. The maximum Gasteiger partial charge on any atom is 0.234 e. The molecule has 2 rings (SSSR count). The van der Waals surface area contributed by atoms with Gasteiger partial charge in [0.2, 0.25) is 5.91 Å². The Labute approximate surface area is 118 Å². The second-order valence-corrected chi connectivity index (χ2v) is 5.99. The van der Waals surface area contributed by atoms with Crippen LogP contribution in [0.4, 0.5) is 0 Å². The summed E-state index contributed by atoms with van der Waals surface area (Å²) in [6.45, 7) is 1.83. The largest absolute Gasteiger partial charge is 0.395 e. The molecule has 5 heteroatoms. The smallest absolute Gasteiger partial charge is 0.234 e. The second-order valence-electron chi connectivity index (χ2n) is 4.96. The summed E-state index contributed by atoms with van der Waals surface area (Å²) in [5.74, 6) is 0.0666. The van der Waals surface area contributed by atoms with E-state index in [1.165, 1.54) is 11.3 Å². The summed E-state index contributed by atoms with van der Waals surface area (Å²) in [6.07, 6.45) is 4.45. The van der Waals surface area contributed by atoms with E-state index in [1.807, 2.05) is 6.07 Å². The van der Waals surface area contributed by atoms with Crippen molar-refractivity contribution in [1.29, 1.82) is 0 Å². The van der Waals surface area contributed by atoms with Crippen molar-refractivity contribution in [3.63, 3.8) is 0 Å². The average Bonchev–Trinajstić information content (AvgIpc) is 2.80. The Kier molecular flexibility index (Phi) is 5.82. The molecule has 0 aromatic carbocycles. The first-order valence-electron chi connectivity index (χ1n) is 6.93. The average molecular weight is 282 g/mol. The molecule has 19 heavy (non-hydrogen) atoms. The van der Waals surface area contributed by atoms with E-state index < -0.39 is 0 Å². The van der Waals surface area contributed by atoms with Gasteiger partial charge in [-0.3, -0.25) is 9.69 Å². The Balaban J connectivity index is 1.66. The molecule has 0 unspecified atom stereocenters. The highest BCUT2D eigenvalue weighted by atomic mass is 32.1. The van der Waals surface area contributed by atoms with Crippen LogP contribution in [-0.4, -0.2) is 48.2 Å². The lowest BCUT2D eigenvalue weighted by atomic mass is 9.91. The van der Waals surface area contributed by atoms with Crippen molar-refractivity contribution < 1.29 is 9.90 Å². The Morgan fingerprint density at radius 1 is 1.53 bits per heavy atom. The zero-order valence-corrected chi connectivity index (χ0v) is 12.0. The van der Waals surface area contributed by atoms with E-state index in [0.717, 1.165) is 19.3 Å². The van der Waals surface area contributed by atoms with E-state index in [2.05, 4.69) is 21.7 Å². The molecular formula is C14H22N2O2S. The van der Waals surface area contributed by atoms with Gasteiger partial charge in [0.25, 0.3) is 0 Å². The van der Waals surface area contributed by atoms with E-state index in [4.69, 9.17) is 5.11 Å². The second kappa shape index (κ2) is 7.62. The summed E-state index contributed by atoms with van der Waals surface area (Å²) in [5.41, 5.74) is 0. The van der Waals surface area contributed by atoms with Gasteiger partial charge in [-0.1, -0.05) is 12.5 Å². The predicted molar refractivity (Wildman–Crippen MR) is 77.3 cm³/mol. The fourth-order valence-electron chi connectivity index (χ4n) is 2.29. The van der Waals surface area contributed by atoms with E-state index in [1.54, 1.807) is 11.3 Å². The third-order valence-corrected chi connectivity index (χ3v) is 4.53. The molecule has 1 aliphatic rings. The minimum absolute atomic E-state index is 0.0666. The van der Waals surface area contributed by atoms with Crippen LogP contribution in [0.5, 0.6) is 0 Å². The fraction of sp³-hybridized carbons (Fsp3) is 0.643. The highest BCUT2D eigenvalue weighted by Gasteiger charge is 2.25. The Hall–Kier alpha value is -0.910. The van der Waals surface area contributed by atoms with Gasteiger partial charge < -0.3 is 10.4 Å². The monoisotopic (exact) mass is 282 g/mol. The zero-order chi connectivity index (χ0) is 13.5. The van der Waals surface area contributed by atoms with Crippen molar-refractivity contribution in [2.75, 3.05) is 26.2 Å². The van der Waals surface area contributed by atoms with Crippen LogP contribution >= 0.6 is 11.3 Å². The van der Waals surface area contributed by atoms with Gasteiger partial charge in [-0.15, -0.1) is 11.3 Å². The summed E-state index contributed by atoms with van der Waals surface area (Å²) >= 11 is 1.72. The number of carbonyl (C=O) groups is 1. The number of aliphatic hydroxyl groups is 1.